The number of fused-ring (bicyclic) bond motifs is 2. The zero-order chi connectivity index (χ0) is 17.6. The molecule has 0 radical (unpaired) electrons. The van der Waals surface area contributed by atoms with Crippen LogP contribution in [0.5, 0.6) is 5.75 Å². The minimum atomic E-state index is -0.552. The molecule has 0 amide bonds. The highest BCUT2D eigenvalue weighted by Gasteiger charge is 2.33. The van der Waals surface area contributed by atoms with Gasteiger partial charge in [0.2, 0.25) is 0 Å². The third-order valence-corrected chi connectivity index (χ3v) is 4.94. The molecule has 5 nitrogen and oxygen atoms in total. The number of rotatable bonds is 4. The molecule has 3 aromatic rings. The minimum absolute atomic E-state index is 0.375. The number of aliphatic hydroxyl groups is 1. The van der Waals surface area contributed by atoms with Crippen LogP contribution in [-0.4, -0.2) is 27.9 Å². The first kappa shape index (κ1) is 16.1. The quantitative estimate of drug-likeness (QED) is 0.794. The number of benzene rings is 2. The molecule has 1 aliphatic carbocycles. The molecule has 0 unspecified atom stereocenters. The number of ether oxygens (including phenoxy) is 2. The number of imidazole rings is 1. The van der Waals surface area contributed by atoms with Crippen LogP contribution in [0.25, 0.3) is 11.0 Å². The molecule has 0 saturated heterocycles. The molecule has 25 heavy (non-hydrogen) atoms. The largest absolute Gasteiger partial charge is 0.481 e. The van der Waals surface area contributed by atoms with Gasteiger partial charge in [0.05, 0.1) is 18.2 Å². The van der Waals surface area contributed by atoms with Gasteiger partial charge in [0.25, 0.3) is 0 Å². The second-order valence-corrected chi connectivity index (χ2v) is 6.62. The second-order valence-electron chi connectivity index (χ2n) is 6.62. The van der Waals surface area contributed by atoms with E-state index in [4.69, 9.17) is 9.47 Å². The van der Waals surface area contributed by atoms with Crippen LogP contribution in [0.1, 0.15) is 28.6 Å². The van der Waals surface area contributed by atoms with Gasteiger partial charge in [-0.15, -0.1) is 0 Å². The zero-order valence-electron chi connectivity index (χ0n) is 14.7. The summed E-state index contributed by atoms with van der Waals surface area (Å²) in [5, 5.41) is 10.5. The highest BCUT2D eigenvalue weighted by Crippen LogP contribution is 2.38. The van der Waals surface area contributed by atoms with Gasteiger partial charge in [-0.05, 0) is 35.7 Å². The van der Waals surface area contributed by atoms with Crippen molar-refractivity contribution in [3.63, 3.8) is 0 Å². The van der Waals surface area contributed by atoms with Crippen LogP contribution >= 0.6 is 0 Å². The molecule has 1 N–H and O–H groups in total. The first-order valence-corrected chi connectivity index (χ1v) is 8.46. The molecule has 1 aliphatic rings. The van der Waals surface area contributed by atoms with E-state index in [0.717, 1.165) is 33.5 Å². The van der Waals surface area contributed by atoms with Gasteiger partial charge < -0.3 is 19.1 Å². The maximum atomic E-state index is 10.5. The summed E-state index contributed by atoms with van der Waals surface area (Å²) in [6.07, 6.45) is -0.314. The molecule has 0 bridgehead atoms. The van der Waals surface area contributed by atoms with E-state index in [2.05, 4.69) is 11.1 Å². The molecule has 0 spiro atoms. The van der Waals surface area contributed by atoms with Crippen LogP contribution in [0, 0.1) is 6.92 Å². The molecular weight excluding hydrogens is 316 g/mol. The predicted molar refractivity (Wildman–Crippen MR) is 95.7 cm³/mol. The smallest absolute Gasteiger partial charge is 0.150 e. The summed E-state index contributed by atoms with van der Waals surface area (Å²) in [5.74, 6) is 1.61. The molecule has 1 heterocycles. The van der Waals surface area contributed by atoms with E-state index in [9.17, 15) is 5.11 Å². The molecule has 1 aromatic heterocycles. The third kappa shape index (κ3) is 2.69. The van der Waals surface area contributed by atoms with Crippen molar-refractivity contribution in [3.05, 3.63) is 58.9 Å². The lowest BCUT2D eigenvalue weighted by atomic mass is 10.1. The summed E-state index contributed by atoms with van der Waals surface area (Å²) in [5.41, 5.74) is 5.03. The standard InChI is InChI=1S/C20H22N2O3/c1-12-21-19-16(22(12)2)8-13(11-24-3)9-18(19)25-20-15-7-5-4-6-14(15)10-17(20)23/h4-9,17,20,23H,10-11H2,1-3H3/t17-,20-/m1/s1. The average molecular weight is 338 g/mol. The van der Waals surface area contributed by atoms with E-state index in [1.165, 1.54) is 0 Å². The van der Waals surface area contributed by atoms with E-state index in [1.54, 1.807) is 7.11 Å². The highest BCUT2D eigenvalue weighted by atomic mass is 16.5. The van der Waals surface area contributed by atoms with Crippen molar-refractivity contribution < 1.29 is 14.6 Å². The van der Waals surface area contributed by atoms with Crippen molar-refractivity contribution in [1.29, 1.82) is 0 Å². The van der Waals surface area contributed by atoms with Crippen LogP contribution in [0.15, 0.2) is 36.4 Å². The average Bonchev–Trinajstić information content (AvgIpc) is 3.06. The molecule has 0 saturated carbocycles. The highest BCUT2D eigenvalue weighted by molar-refractivity contribution is 5.83. The lowest BCUT2D eigenvalue weighted by Gasteiger charge is -2.19. The van der Waals surface area contributed by atoms with Crippen LogP contribution in [0.2, 0.25) is 0 Å². The molecule has 2 atom stereocenters. The Kier molecular flexibility index (Phi) is 3.98. The second kappa shape index (κ2) is 6.17. The number of hydrogen-bond donors (Lipinski definition) is 1. The summed E-state index contributed by atoms with van der Waals surface area (Å²) in [7, 11) is 3.67. The SMILES string of the molecule is COCc1cc(O[C@@H]2c3ccccc3C[C@H]2O)c2nc(C)n(C)c2c1. The number of nitrogens with zero attached hydrogens (tertiary/aromatic N) is 2. The monoisotopic (exact) mass is 338 g/mol. The molecule has 4 rings (SSSR count). The Balaban J connectivity index is 1.80. The van der Waals surface area contributed by atoms with Crippen molar-refractivity contribution >= 4 is 11.0 Å². The van der Waals surface area contributed by atoms with Crippen molar-refractivity contribution in [1.82, 2.24) is 9.55 Å². The van der Waals surface area contributed by atoms with Gasteiger partial charge in [-0.1, -0.05) is 24.3 Å². The Morgan fingerprint density at radius 3 is 2.88 bits per heavy atom. The maximum absolute atomic E-state index is 10.5. The number of methoxy groups -OCH3 is 1. The maximum Gasteiger partial charge on any atom is 0.150 e. The summed E-state index contributed by atoms with van der Waals surface area (Å²) in [6, 6.07) is 12.1. The Hall–Kier alpha value is -2.37. The Bertz CT molecular complexity index is 932. The fourth-order valence-electron chi connectivity index (χ4n) is 3.58. The van der Waals surface area contributed by atoms with E-state index >= 15 is 0 Å². The Morgan fingerprint density at radius 1 is 1.28 bits per heavy atom. The summed E-state index contributed by atoms with van der Waals surface area (Å²) in [6.45, 7) is 2.47. The van der Waals surface area contributed by atoms with Crippen molar-refractivity contribution in [2.75, 3.05) is 7.11 Å². The first-order valence-electron chi connectivity index (χ1n) is 8.46. The van der Waals surface area contributed by atoms with Crippen molar-refractivity contribution in [2.24, 2.45) is 7.05 Å². The molecule has 0 aliphatic heterocycles. The van der Waals surface area contributed by atoms with Crippen LogP contribution < -0.4 is 4.74 Å². The van der Waals surface area contributed by atoms with Gasteiger partial charge in [-0.2, -0.15) is 0 Å². The van der Waals surface area contributed by atoms with Gasteiger partial charge in [-0.25, -0.2) is 4.98 Å². The van der Waals surface area contributed by atoms with Crippen LogP contribution in [-0.2, 0) is 24.8 Å². The Morgan fingerprint density at radius 2 is 2.08 bits per heavy atom. The fourth-order valence-corrected chi connectivity index (χ4v) is 3.58. The summed E-state index contributed by atoms with van der Waals surface area (Å²) < 4.78 is 13.6. The van der Waals surface area contributed by atoms with Gasteiger partial charge in [0, 0.05) is 20.6 Å². The molecule has 5 heteroatoms. The predicted octanol–water partition coefficient (Wildman–Crippen LogP) is 3.07. The van der Waals surface area contributed by atoms with E-state index in [1.807, 2.05) is 48.9 Å². The van der Waals surface area contributed by atoms with Gasteiger partial charge in [-0.3, -0.25) is 0 Å². The fraction of sp³-hybridized carbons (Fsp3) is 0.350. The minimum Gasteiger partial charge on any atom is -0.481 e. The molecule has 2 aromatic carbocycles. The van der Waals surface area contributed by atoms with E-state index < -0.39 is 6.10 Å². The molecular formula is C20H22N2O3. The van der Waals surface area contributed by atoms with Crippen molar-refractivity contribution in [3.8, 4) is 5.75 Å². The van der Waals surface area contributed by atoms with Crippen LogP contribution in [0.4, 0.5) is 0 Å². The number of aliphatic hydroxyl groups excluding tert-OH is 1. The summed E-state index contributed by atoms with van der Waals surface area (Å²) >= 11 is 0. The van der Waals surface area contributed by atoms with Gasteiger partial charge in [0.1, 0.15) is 17.1 Å². The lowest BCUT2D eigenvalue weighted by molar-refractivity contribution is 0.0503. The van der Waals surface area contributed by atoms with Gasteiger partial charge in [0.15, 0.2) is 6.10 Å². The molecule has 0 fully saturated rings. The zero-order valence-corrected chi connectivity index (χ0v) is 14.7. The molecule has 130 valence electrons. The third-order valence-electron chi connectivity index (χ3n) is 4.94. The van der Waals surface area contributed by atoms with Crippen molar-refractivity contribution in [2.45, 2.75) is 32.2 Å². The number of aryl methyl sites for hydroxylation is 2. The normalized spacial score (nSPS) is 19.4. The Labute approximate surface area is 146 Å². The number of aromatic nitrogens is 2. The lowest BCUT2D eigenvalue weighted by Crippen LogP contribution is -2.19. The van der Waals surface area contributed by atoms with Crippen LogP contribution in [0.3, 0.4) is 0 Å². The van der Waals surface area contributed by atoms with E-state index in [0.29, 0.717) is 18.8 Å². The first-order chi connectivity index (χ1) is 12.1. The number of hydrogen-bond acceptors (Lipinski definition) is 4. The van der Waals surface area contributed by atoms with E-state index in [-0.39, 0.29) is 6.10 Å². The topological polar surface area (TPSA) is 56.5 Å². The van der Waals surface area contributed by atoms with Gasteiger partial charge >= 0.3 is 0 Å². The summed E-state index contributed by atoms with van der Waals surface area (Å²) in [4.78, 5) is 4.65.